The van der Waals surface area contributed by atoms with E-state index in [9.17, 15) is 19.5 Å². The summed E-state index contributed by atoms with van der Waals surface area (Å²) in [6.07, 6.45) is 3.40. The van der Waals surface area contributed by atoms with Crippen molar-refractivity contribution in [3.63, 3.8) is 0 Å². The van der Waals surface area contributed by atoms with Crippen molar-refractivity contribution in [2.45, 2.75) is 12.1 Å². The lowest BCUT2D eigenvalue weighted by atomic mass is 10.0. The molecule has 13 nitrogen and oxygen atoms in total. The number of carbonyl (C=O) groups excluding carboxylic acids is 3. The smallest absolute Gasteiger partial charge is 0.330 e. The summed E-state index contributed by atoms with van der Waals surface area (Å²) >= 11 is 0. The van der Waals surface area contributed by atoms with Gasteiger partial charge in [0.25, 0.3) is 0 Å². The molecule has 228 valence electrons. The van der Waals surface area contributed by atoms with Gasteiger partial charge in [0.15, 0.2) is 0 Å². The fourth-order valence-electron chi connectivity index (χ4n) is 3.90. The fourth-order valence-corrected chi connectivity index (χ4v) is 3.90. The summed E-state index contributed by atoms with van der Waals surface area (Å²) in [6.45, 7) is 14.6. The molecule has 0 bridgehead atoms. The van der Waals surface area contributed by atoms with Crippen LogP contribution in [0.15, 0.2) is 38.0 Å². The van der Waals surface area contributed by atoms with Crippen LogP contribution in [0.5, 0.6) is 0 Å². The summed E-state index contributed by atoms with van der Waals surface area (Å²) in [4.78, 5) is 33.5. The van der Waals surface area contributed by atoms with Gasteiger partial charge in [0.05, 0.1) is 65.9 Å². The lowest BCUT2D eigenvalue weighted by Crippen LogP contribution is -2.72. The predicted molar refractivity (Wildman–Crippen MR) is 142 cm³/mol. The molecule has 0 spiro atoms. The number of carbonyl (C=O) groups is 3. The SMILES string of the molecule is C=CC(=O)OCCOCCOCC[N+]1(CCOCCOCCOC(=O)C=C)CCOCC1(O)CCOC(=O)C=C. The third-order valence-electron chi connectivity index (χ3n) is 6.14. The van der Waals surface area contributed by atoms with Crippen molar-refractivity contribution in [1.82, 2.24) is 0 Å². The van der Waals surface area contributed by atoms with Gasteiger partial charge in [0.1, 0.15) is 46.1 Å². The average Bonchev–Trinajstić information content (AvgIpc) is 2.96. The third kappa shape index (κ3) is 14.1. The van der Waals surface area contributed by atoms with Crippen LogP contribution in [0.2, 0.25) is 0 Å². The number of rotatable bonds is 24. The molecule has 1 unspecified atom stereocenters. The van der Waals surface area contributed by atoms with Crippen molar-refractivity contribution >= 4 is 17.9 Å². The Morgan fingerprint density at radius 2 is 1.07 bits per heavy atom. The predicted octanol–water partition coefficient (Wildman–Crippen LogP) is 0.166. The molecular formula is C27H44NO12+. The molecule has 13 heteroatoms. The van der Waals surface area contributed by atoms with Crippen LogP contribution in [0.1, 0.15) is 6.42 Å². The van der Waals surface area contributed by atoms with Crippen LogP contribution < -0.4 is 0 Å². The first-order chi connectivity index (χ1) is 19.3. The Kier molecular flexibility index (Phi) is 18.7. The second kappa shape index (κ2) is 21.1. The number of hydrogen-bond donors (Lipinski definition) is 1. The zero-order chi connectivity index (χ0) is 29.5. The van der Waals surface area contributed by atoms with Gasteiger partial charge in [-0.3, -0.25) is 4.48 Å². The molecule has 0 saturated carbocycles. The molecule has 1 fully saturated rings. The number of morpholine rings is 1. The Balaban J connectivity index is 2.55. The van der Waals surface area contributed by atoms with E-state index < -0.39 is 23.6 Å². The zero-order valence-corrected chi connectivity index (χ0v) is 23.3. The summed E-state index contributed by atoms with van der Waals surface area (Å²) in [7, 11) is 0. The van der Waals surface area contributed by atoms with E-state index >= 15 is 0 Å². The van der Waals surface area contributed by atoms with Gasteiger partial charge in [-0.25, -0.2) is 14.4 Å². The second-order valence-corrected chi connectivity index (χ2v) is 8.67. The highest BCUT2D eigenvalue weighted by Gasteiger charge is 2.52. The number of aliphatic hydroxyl groups is 1. The minimum absolute atomic E-state index is 0.000955. The molecule has 0 aromatic heterocycles. The van der Waals surface area contributed by atoms with Gasteiger partial charge in [-0.1, -0.05) is 19.7 Å². The first kappa shape index (κ1) is 35.4. The highest BCUT2D eigenvalue weighted by Crippen LogP contribution is 2.30. The van der Waals surface area contributed by atoms with Gasteiger partial charge in [0, 0.05) is 18.2 Å². The van der Waals surface area contributed by atoms with Gasteiger partial charge in [-0.05, 0) is 0 Å². The molecule has 1 aliphatic heterocycles. The Morgan fingerprint density at radius 3 is 1.52 bits per heavy atom. The standard InChI is InChI=1S/C27H44NO12/c1-4-24(29)38-11-7-27(32)23-37-14-10-28(27,8-12-33-15-17-35-19-21-39-25(30)5-2)9-13-34-16-18-36-20-22-40-26(31)6-3/h4-6,32H,1-3,7-23H2/q+1. The molecular weight excluding hydrogens is 530 g/mol. The summed E-state index contributed by atoms with van der Waals surface area (Å²) < 4.78 is 42.9. The van der Waals surface area contributed by atoms with E-state index in [0.29, 0.717) is 65.9 Å². The molecule has 0 aromatic carbocycles. The Labute approximate surface area is 235 Å². The Morgan fingerprint density at radius 1 is 0.675 bits per heavy atom. The van der Waals surface area contributed by atoms with Crippen LogP contribution in [0.3, 0.4) is 0 Å². The largest absolute Gasteiger partial charge is 0.462 e. The molecule has 0 aromatic rings. The second-order valence-electron chi connectivity index (χ2n) is 8.67. The van der Waals surface area contributed by atoms with Crippen molar-refractivity contribution < 1.29 is 61.9 Å². The Hall–Kier alpha value is -2.65. The van der Waals surface area contributed by atoms with Crippen LogP contribution >= 0.6 is 0 Å². The molecule has 1 atom stereocenters. The summed E-state index contributed by atoms with van der Waals surface area (Å²) in [5.74, 6) is -1.58. The van der Waals surface area contributed by atoms with Crippen molar-refractivity contribution in [3.05, 3.63) is 38.0 Å². The van der Waals surface area contributed by atoms with E-state index in [0.717, 1.165) is 18.2 Å². The van der Waals surface area contributed by atoms with E-state index in [-0.39, 0.29) is 50.5 Å². The van der Waals surface area contributed by atoms with Crippen molar-refractivity contribution in [1.29, 1.82) is 0 Å². The quantitative estimate of drug-likeness (QED) is 0.0551. The summed E-state index contributed by atoms with van der Waals surface area (Å²) in [5.41, 5.74) is -1.33. The van der Waals surface area contributed by atoms with Crippen molar-refractivity contribution in [2.24, 2.45) is 0 Å². The molecule has 0 amide bonds. The van der Waals surface area contributed by atoms with Gasteiger partial charge < -0.3 is 43.0 Å². The topological polar surface area (TPSA) is 145 Å². The van der Waals surface area contributed by atoms with Gasteiger partial charge in [-0.15, -0.1) is 0 Å². The molecule has 1 aliphatic rings. The van der Waals surface area contributed by atoms with Gasteiger partial charge in [0.2, 0.25) is 5.72 Å². The minimum Gasteiger partial charge on any atom is -0.462 e. The van der Waals surface area contributed by atoms with Crippen LogP contribution in [0.4, 0.5) is 0 Å². The molecule has 40 heavy (non-hydrogen) atoms. The maximum atomic E-state index is 11.7. The third-order valence-corrected chi connectivity index (χ3v) is 6.14. The number of ether oxygens (including phenoxy) is 8. The summed E-state index contributed by atoms with van der Waals surface area (Å²) in [6, 6.07) is 0. The van der Waals surface area contributed by atoms with Crippen LogP contribution in [0.25, 0.3) is 0 Å². The molecule has 1 heterocycles. The van der Waals surface area contributed by atoms with Crippen LogP contribution in [-0.4, -0.2) is 139 Å². The monoisotopic (exact) mass is 574 g/mol. The fraction of sp³-hybridized carbons (Fsp3) is 0.667. The highest BCUT2D eigenvalue weighted by molar-refractivity contribution is 5.81. The number of quaternary nitrogens is 1. The van der Waals surface area contributed by atoms with Crippen molar-refractivity contribution in [3.8, 4) is 0 Å². The molecule has 0 radical (unpaired) electrons. The molecule has 1 rings (SSSR count). The van der Waals surface area contributed by atoms with Gasteiger partial charge in [-0.2, -0.15) is 0 Å². The van der Waals surface area contributed by atoms with Crippen LogP contribution in [0, 0.1) is 0 Å². The lowest BCUT2D eigenvalue weighted by Gasteiger charge is -2.52. The zero-order valence-electron chi connectivity index (χ0n) is 23.3. The first-order valence-electron chi connectivity index (χ1n) is 13.2. The minimum atomic E-state index is -1.33. The average molecular weight is 575 g/mol. The Bertz CT molecular complexity index is 751. The van der Waals surface area contributed by atoms with E-state index in [1.807, 2.05) is 0 Å². The van der Waals surface area contributed by atoms with Gasteiger partial charge >= 0.3 is 17.9 Å². The number of hydrogen-bond acceptors (Lipinski definition) is 12. The van der Waals surface area contributed by atoms with E-state index in [1.54, 1.807) is 0 Å². The maximum absolute atomic E-state index is 11.7. The summed E-state index contributed by atoms with van der Waals surface area (Å²) in [5, 5.41) is 11.7. The molecule has 1 saturated heterocycles. The normalized spacial score (nSPS) is 17.9. The molecule has 1 N–H and O–H groups in total. The van der Waals surface area contributed by atoms with E-state index in [4.69, 9.17) is 37.9 Å². The van der Waals surface area contributed by atoms with Crippen LogP contribution in [-0.2, 0) is 52.3 Å². The van der Waals surface area contributed by atoms with E-state index in [2.05, 4.69) is 19.7 Å². The van der Waals surface area contributed by atoms with E-state index in [1.165, 1.54) is 0 Å². The maximum Gasteiger partial charge on any atom is 0.330 e. The number of esters is 3. The van der Waals surface area contributed by atoms with Crippen molar-refractivity contribution in [2.75, 3.05) is 106 Å². The first-order valence-corrected chi connectivity index (χ1v) is 13.2. The lowest BCUT2D eigenvalue weighted by molar-refractivity contribution is -1.01. The highest BCUT2D eigenvalue weighted by atomic mass is 16.6. The molecule has 0 aliphatic carbocycles. The number of nitrogens with zero attached hydrogens (tertiary/aromatic N) is 1.